The number of rotatable bonds is 6. The molecule has 0 bridgehead atoms. The first-order valence-corrected chi connectivity index (χ1v) is 22.7. The quantitative estimate of drug-likeness (QED) is 0.156. The molecular formula is C63H37N3O. The smallest absolute Gasteiger partial charge is 0.164 e. The van der Waals surface area contributed by atoms with E-state index >= 15 is 0 Å². The van der Waals surface area contributed by atoms with Crippen LogP contribution in [0, 0.1) is 0 Å². The molecule has 2 aromatic heterocycles. The van der Waals surface area contributed by atoms with Gasteiger partial charge >= 0.3 is 0 Å². The summed E-state index contributed by atoms with van der Waals surface area (Å²) in [5.41, 5.74) is 8.92. The van der Waals surface area contributed by atoms with E-state index in [1.165, 1.54) is 64.6 Å². The Hall–Kier alpha value is -8.99. The predicted molar refractivity (Wildman–Crippen MR) is 278 cm³/mol. The van der Waals surface area contributed by atoms with Gasteiger partial charge in [-0.1, -0.05) is 194 Å². The normalized spacial score (nSPS) is 11.9. The lowest BCUT2D eigenvalue weighted by Crippen LogP contribution is -2.01. The molecule has 0 saturated heterocycles. The number of hydrogen-bond acceptors (Lipinski definition) is 4. The average molecular weight is 852 g/mol. The lowest BCUT2D eigenvalue weighted by Gasteiger charge is -2.18. The molecule has 0 aliphatic rings. The standard InChI is InChI=1S/C63H37N3O/c1-2-14-41(15-3-1)61-64-62(45-21-10-20-42(34-45)56-37-43-16-4-9-29-55(43)67-56)66-63(65-61)53-25-8-7-24-49(53)48-23-6-5-22-47(48)46-35-44-33-32-40-18-12-27-51-50-26-11-17-38-30-31-39-19-13-28-52(59(39)57(38)50)54(36-46)60(44)58(40)51/h1-37H. The molecule has 2 heterocycles. The Bertz CT molecular complexity index is 4240. The third kappa shape index (κ3) is 5.97. The zero-order chi connectivity index (χ0) is 44.0. The molecule has 0 aliphatic carbocycles. The van der Waals surface area contributed by atoms with E-state index < -0.39 is 0 Å². The van der Waals surface area contributed by atoms with E-state index in [1.54, 1.807) is 0 Å². The molecule has 0 N–H and O–H groups in total. The van der Waals surface area contributed by atoms with Crippen molar-refractivity contribution >= 4 is 75.6 Å². The maximum atomic E-state index is 6.30. The van der Waals surface area contributed by atoms with Gasteiger partial charge in [0.25, 0.3) is 0 Å². The van der Waals surface area contributed by atoms with Crippen LogP contribution in [0.2, 0.25) is 0 Å². The molecule has 12 aromatic carbocycles. The molecule has 14 rings (SSSR count). The van der Waals surface area contributed by atoms with Gasteiger partial charge in [0.1, 0.15) is 11.3 Å². The molecule has 0 spiro atoms. The Morgan fingerprint density at radius 1 is 0.254 bits per heavy atom. The minimum Gasteiger partial charge on any atom is -0.456 e. The van der Waals surface area contributed by atoms with Gasteiger partial charge in [0.2, 0.25) is 0 Å². The van der Waals surface area contributed by atoms with E-state index in [-0.39, 0.29) is 0 Å². The topological polar surface area (TPSA) is 51.8 Å². The number of aromatic nitrogens is 3. The number of furan rings is 1. The SMILES string of the molecule is c1ccc(-c2nc(-c3cccc(-c4cc5ccccc5o4)c3)nc(-c3ccccc3-c3ccccc3-c3cc4ccc5cccc6c7cccc8ccc9cccc(c(c3)c4c56)c9c87)n2)cc1. The number of fused-ring (bicyclic) bond motifs is 3. The second-order valence-corrected chi connectivity index (χ2v) is 17.5. The Morgan fingerprint density at radius 3 is 1.42 bits per heavy atom. The molecule has 0 fully saturated rings. The van der Waals surface area contributed by atoms with Crippen LogP contribution in [0.4, 0.5) is 0 Å². The highest BCUT2D eigenvalue weighted by molar-refractivity contribution is 6.37. The zero-order valence-electron chi connectivity index (χ0n) is 36.1. The van der Waals surface area contributed by atoms with Crippen molar-refractivity contribution in [2.24, 2.45) is 0 Å². The van der Waals surface area contributed by atoms with Crippen molar-refractivity contribution in [2.75, 3.05) is 0 Å². The van der Waals surface area contributed by atoms with E-state index in [9.17, 15) is 0 Å². The molecule has 0 unspecified atom stereocenters. The van der Waals surface area contributed by atoms with Gasteiger partial charge in [0, 0.05) is 27.6 Å². The van der Waals surface area contributed by atoms with Crippen molar-refractivity contribution in [1.29, 1.82) is 0 Å². The molecule has 0 aliphatic heterocycles. The Labute approximate surface area is 385 Å². The summed E-state index contributed by atoms with van der Waals surface area (Å²) in [6.07, 6.45) is 0. The lowest BCUT2D eigenvalue weighted by atomic mass is 9.85. The zero-order valence-corrected chi connectivity index (χ0v) is 36.1. The third-order valence-electron chi connectivity index (χ3n) is 13.6. The number of para-hydroxylation sites is 1. The van der Waals surface area contributed by atoms with Crippen molar-refractivity contribution in [3.63, 3.8) is 0 Å². The van der Waals surface area contributed by atoms with Crippen molar-refractivity contribution in [2.45, 2.75) is 0 Å². The van der Waals surface area contributed by atoms with Gasteiger partial charge in [-0.15, -0.1) is 0 Å². The van der Waals surface area contributed by atoms with Crippen LogP contribution < -0.4 is 0 Å². The van der Waals surface area contributed by atoms with Gasteiger partial charge in [0.05, 0.1) is 0 Å². The minimum atomic E-state index is 0.586. The summed E-state index contributed by atoms with van der Waals surface area (Å²) < 4.78 is 6.30. The van der Waals surface area contributed by atoms with Crippen LogP contribution >= 0.6 is 0 Å². The van der Waals surface area contributed by atoms with E-state index in [2.05, 4.69) is 182 Å². The largest absolute Gasteiger partial charge is 0.456 e. The van der Waals surface area contributed by atoms with Gasteiger partial charge in [-0.3, -0.25) is 0 Å². The second kappa shape index (κ2) is 14.8. The van der Waals surface area contributed by atoms with E-state index in [4.69, 9.17) is 19.4 Å². The lowest BCUT2D eigenvalue weighted by molar-refractivity contribution is 0.631. The Kier molecular flexibility index (Phi) is 8.25. The maximum Gasteiger partial charge on any atom is 0.164 e. The summed E-state index contributed by atoms with van der Waals surface area (Å²) >= 11 is 0. The van der Waals surface area contributed by atoms with Gasteiger partial charge in [-0.25, -0.2) is 15.0 Å². The van der Waals surface area contributed by atoms with Crippen LogP contribution in [0.15, 0.2) is 229 Å². The predicted octanol–water partition coefficient (Wildman–Crippen LogP) is 17.0. The van der Waals surface area contributed by atoms with Gasteiger partial charge in [-0.2, -0.15) is 0 Å². The molecule has 310 valence electrons. The minimum absolute atomic E-state index is 0.586. The molecule has 0 saturated carbocycles. The van der Waals surface area contributed by atoms with Gasteiger partial charge in [-0.05, 0) is 117 Å². The molecule has 67 heavy (non-hydrogen) atoms. The van der Waals surface area contributed by atoms with Crippen molar-refractivity contribution in [1.82, 2.24) is 15.0 Å². The first-order valence-electron chi connectivity index (χ1n) is 22.7. The fourth-order valence-corrected chi connectivity index (χ4v) is 10.6. The first kappa shape index (κ1) is 37.4. The van der Waals surface area contributed by atoms with Crippen molar-refractivity contribution in [3.8, 4) is 67.7 Å². The third-order valence-corrected chi connectivity index (χ3v) is 13.6. The highest BCUT2D eigenvalue weighted by Crippen LogP contribution is 2.46. The van der Waals surface area contributed by atoms with Crippen molar-refractivity contribution < 1.29 is 4.42 Å². The summed E-state index contributed by atoms with van der Waals surface area (Å²) in [6, 6.07) is 80.2. The molecule has 0 atom stereocenters. The van der Waals surface area contributed by atoms with Crippen LogP contribution in [0.3, 0.4) is 0 Å². The highest BCUT2D eigenvalue weighted by Gasteiger charge is 2.21. The van der Waals surface area contributed by atoms with Gasteiger partial charge in [0.15, 0.2) is 17.5 Å². The van der Waals surface area contributed by atoms with Crippen LogP contribution in [0.5, 0.6) is 0 Å². The first-order chi connectivity index (χ1) is 33.2. The number of benzene rings is 11. The van der Waals surface area contributed by atoms with Gasteiger partial charge < -0.3 is 4.42 Å². The Morgan fingerprint density at radius 2 is 0.731 bits per heavy atom. The van der Waals surface area contributed by atoms with Crippen LogP contribution in [0.25, 0.3) is 143 Å². The molecule has 4 nitrogen and oxygen atoms in total. The average Bonchev–Trinajstić information content (AvgIpc) is 3.84. The van der Waals surface area contributed by atoms with E-state index in [0.29, 0.717) is 17.5 Å². The number of nitrogens with zero attached hydrogens (tertiary/aromatic N) is 3. The molecule has 4 heteroatoms. The van der Waals surface area contributed by atoms with E-state index in [1.807, 2.05) is 42.5 Å². The second-order valence-electron chi connectivity index (χ2n) is 17.5. The summed E-state index contributed by atoms with van der Waals surface area (Å²) in [5, 5.41) is 16.2. The molecular weight excluding hydrogens is 815 g/mol. The fraction of sp³-hybridized carbons (Fsp3) is 0. The van der Waals surface area contributed by atoms with Crippen molar-refractivity contribution in [3.05, 3.63) is 224 Å². The molecule has 14 aromatic rings. The Balaban J connectivity index is 0.987. The molecule has 0 radical (unpaired) electrons. The van der Waals surface area contributed by atoms with E-state index in [0.717, 1.165) is 61.2 Å². The summed E-state index contributed by atoms with van der Waals surface area (Å²) in [4.78, 5) is 15.7. The summed E-state index contributed by atoms with van der Waals surface area (Å²) in [7, 11) is 0. The number of hydrogen-bond donors (Lipinski definition) is 0. The maximum absolute atomic E-state index is 6.30. The van der Waals surface area contributed by atoms with Crippen LogP contribution in [0.1, 0.15) is 0 Å². The fourth-order valence-electron chi connectivity index (χ4n) is 10.6. The molecule has 0 amide bonds. The highest BCUT2D eigenvalue weighted by atomic mass is 16.3. The monoisotopic (exact) mass is 851 g/mol. The van der Waals surface area contributed by atoms with Crippen LogP contribution in [-0.2, 0) is 0 Å². The summed E-state index contributed by atoms with van der Waals surface area (Å²) in [5.74, 6) is 2.59. The summed E-state index contributed by atoms with van der Waals surface area (Å²) in [6.45, 7) is 0. The van der Waals surface area contributed by atoms with Crippen LogP contribution in [-0.4, -0.2) is 15.0 Å².